The molecule has 1 N–H and O–H groups in total. The SMILES string of the molecule is Cc1ccc(F)c(C(O)C2CCC(C)C2)c1F. The quantitative estimate of drug-likeness (QED) is 0.834. The molecule has 3 heteroatoms. The van der Waals surface area contributed by atoms with Gasteiger partial charge in [-0.25, -0.2) is 8.78 Å². The lowest BCUT2D eigenvalue weighted by molar-refractivity contribution is 0.101. The highest BCUT2D eigenvalue weighted by atomic mass is 19.1. The molecule has 1 aromatic carbocycles. The van der Waals surface area contributed by atoms with E-state index in [-0.39, 0.29) is 11.5 Å². The maximum absolute atomic E-state index is 13.9. The van der Waals surface area contributed by atoms with E-state index >= 15 is 0 Å². The summed E-state index contributed by atoms with van der Waals surface area (Å²) in [4.78, 5) is 0. The lowest BCUT2D eigenvalue weighted by atomic mass is 9.92. The second kappa shape index (κ2) is 4.73. The first-order chi connectivity index (χ1) is 8.00. The Morgan fingerprint density at radius 2 is 2.00 bits per heavy atom. The van der Waals surface area contributed by atoms with Crippen molar-refractivity contribution in [1.82, 2.24) is 0 Å². The van der Waals surface area contributed by atoms with Crippen molar-refractivity contribution in [3.63, 3.8) is 0 Å². The molecule has 3 unspecified atom stereocenters. The summed E-state index contributed by atoms with van der Waals surface area (Å²) in [5.41, 5.74) is 0.232. The van der Waals surface area contributed by atoms with Crippen LogP contribution < -0.4 is 0 Å². The summed E-state index contributed by atoms with van der Waals surface area (Å²) >= 11 is 0. The molecule has 0 amide bonds. The smallest absolute Gasteiger partial charge is 0.134 e. The Bertz CT molecular complexity index is 417. The van der Waals surface area contributed by atoms with Crippen LogP contribution in [0.1, 0.15) is 43.4 Å². The van der Waals surface area contributed by atoms with Crippen molar-refractivity contribution in [3.05, 3.63) is 34.9 Å². The van der Waals surface area contributed by atoms with E-state index in [0.717, 1.165) is 19.3 Å². The van der Waals surface area contributed by atoms with Gasteiger partial charge in [-0.1, -0.05) is 19.4 Å². The van der Waals surface area contributed by atoms with Crippen LogP contribution in [0.15, 0.2) is 12.1 Å². The average Bonchev–Trinajstić information content (AvgIpc) is 2.71. The molecule has 1 fully saturated rings. The summed E-state index contributed by atoms with van der Waals surface area (Å²) in [5, 5.41) is 10.1. The van der Waals surface area contributed by atoms with Crippen molar-refractivity contribution in [3.8, 4) is 0 Å². The Labute approximate surface area is 100 Å². The normalized spacial score (nSPS) is 26.2. The Morgan fingerprint density at radius 3 is 2.59 bits per heavy atom. The maximum atomic E-state index is 13.9. The van der Waals surface area contributed by atoms with Crippen LogP contribution >= 0.6 is 0 Å². The molecule has 0 aliphatic heterocycles. The average molecular weight is 240 g/mol. The minimum Gasteiger partial charge on any atom is -0.388 e. The van der Waals surface area contributed by atoms with Gasteiger partial charge in [0.25, 0.3) is 0 Å². The van der Waals surface area contributed by atoms with E-state index in [0.29, 0.717) is 11.5 Å². The van der Waals surface area contributed by atoms with Crippen molar-refractivity contribution in [2.24, 2.45) is 11.8 Å². The summed E-state index contributed by atoms with van der Waals surface area (Å²) in [6.07, 6.45) is 1.69. The molecule has 0 bridgehead atoms. The van der Waals surface area contributed by atoms with Crippen LogP contribution in [-0.2, 0) is 0 Å². The van der Waals surface area contributed by atoms with E-state index in [4.69, 9.17) is 0 Å². The number of hydrogen-bond donors (Lipinski definition) is 1. The Kier molecular flexibility index (Phi) is 3.48. The van der Waals surface area contributed by atoms with Gasteiger partial charge in [0.2, 0.25) is 0 Å². The minimum absolute atomic E-state index is 0.0178. The van der Waals surface area contributed by atoms with Gasteiger partial charge in [0, 0.05) is 0 Å². The molecule has 1 nitrogen and oxygen atoms in total. The molecule has 1 aliphatic carbocycles. The molecule has 0 heterocycles. The maximum Gasteiger partial charge on any atom is 0.134 e. The standard InChI is InChI=1S/C14H18F2O/c1-8-3-5-10(7-8)14(17)12-11(15)6-4-9(2)13(12)16/h4,6,8,10,14,17H,3,5,7H2,1-2H3. The molecule has 17 heavy (non-hydrogen) atoms. The second-order valence-electron chi connectivity index (χ2n) is 5.22. The molecule has 1 aliphatic rings. The molecular formula is C14H18F2O. The van der Waals surface area contributed by atoms with Crippen LogP contribution in [0.3, 0.4) is 0 Å². The summed E-state index contributed by atoms with van der Waals surface area (Å²) < 4.78 is 27.5. The zero-order valence-electron chi connectivity index (χ0n) is 10.2. The van der Waals surface area contributed by atoms with E-state index in [2.05, 4.69) is 6.92 Å². The van der Waals surface area contributed by atoms with Gasteiger partial charge in [-0.3, -0.25) is 0 Å². The van der Waals surface area contributed by atoms with Crippen LogP contribution in [0, 0.1) is 30.4 Å². The first-order valence-corrected chi connectivity index (χ1v) is 6.13. The number of benzene rings is 1. The lowest BCUT2D eigenvalue weighted by Crippen LogP contribution is -2.14. The monoisotopic (exact) mass is 240 g/mol. The lowest BCUT2D eigenvalue weighted by Gasteiger charge is -2.20. The molecule has 1 saturated carbocycles. The van der Waals surface area contributed by atoms with Crippen LogP contribution in [0.4, 0.5) is 8.78 Å². The fourth-order valence-corrected chi connectivity index (χ4v) is 2.72. The molecule has 3 atom stereocenters. The third-order valence-corrected chi connectivity index (χ3v) is 3.80. The van der Waals surface area contributed by atoms with Crippen LogP contribution in [0.5, 0.6) is 0 Å². The van der Waals surface area contributed by atoms with Gasteiger partial charge in [-0.15, -0.1) is 0 Å². The van der Waals surface area contributed by atoms with Gasteiger partial charge in [0.1, 0.15) is 11.6 Å². The molecule has 0 aromatic heterocycles. The number of halogens is 2. The fraction of sp³-hybridized carbons (Fsp3) is 0.571. The molecule has 2 rings (SSSR count). The van der Waals surface area contributed by atoms with E-state index in [1.54, 1.807) is 6.92 Å². The van der Waals surface area contributed by atoms with Crippen molar-refractivity contribution < 1.29 is 13.9 Å². The number of aliphatic hydroxyl groups is 1. The number of aryl methyl sites for hydroxylation is 1. The van der Waals surface area contributed by atoms with Crippen LogP contribution in [-0.4, -0.2) is 5.11 Å². The second-order valence-corrected chi connectivity index (χ2v) is 5.22. The van der Waals surface area contributed by atoms with E-state index in [9.17, 15) is 13.9 Å². The molecule has 0 radical (unpaired) electrons. The largest absolute Gasteiger partial charge is 0.388 e. The summed E-state index contributed by atoms with van der Waals surface area (Å²) in [5.74, 6) is -0.724. The van der Waals surface area contributed by atoms with E-state index in [1.807, 2.05) is 0 Å². The predicted molar refractivity (Wildman–Crippen MR) is 62.6 cm³/mol. The minimum atomic E-state index is -1.01. The van der Waals surface area contributed by atoms with Crippen molar-refractivity contribution in [2.45, 2.75) is 39.2 Å². The van der Waals surface area contributed by atoms with Crippen LogP contribution in [0.25, 0.3) is 0 Å². The Hall–Kier alpha value is -0.960. The number of rotatable bonds is 2. The first-order valence-electron chi connectivity index (χ1n) is 6.13. The molecule has 0 spiro atoms. The van der Waals surface area contributed by atoms with Gasteiger partial charge >= 0.3 is 0 Å². The number of aliphatic hydroxyl groups excluding tert-OH is 1. The third kappa shape index (κ3) is 2.34. The molecule has 0 saturated heterocycles. The Balaban J connectivity index is 2.30. The van der Waals surface area contributed by atoms with Crippen molar-refractivity contribution in [1.29, 1.82) is 0 Å². The Morgan fingerprint density at radius 1 is 1.29 bits per heavy atom. The highest BCUT2D eigenvalue weighted by molar-refractivity contribution is 5.28. The van der Waals surface area contributed by atoms with Crippen molar-refractivity contribution in [2.75, 3.05) is 0 Å². The highest BCUT2D eigenvalue weighted by Gasteiger charge is 2.32. The first kappa shape index (κ1) is 12.5. The fourth-order valence-electron chi connectivity index (χ4n) is 2.72. The van der Waals surface area contributed by atoms with Crippen LogP contribution in [0.2, 0.25) is 0 Å². The van der Waals surface area contributed by atoms with Gasteiger partial charge in [-0.2, -0.15) is 0 Å². The van der Waals surface area contributed by atoms with Gasteiger partial charge in [-0.05, 0) is 43.2 Å². The molecular weight excluding hydrogens is 222 g/mol. The van der Waals surface area contributed by atoms with Gasteiger partial charge in [0.05, 0.1) is 11.7 Å². The summed E-state index contributed by atoms with van der Waals surface area (Å²) in [7, 11) is 0. The third-order valence-electron chi connectivity index (χ3n) is 3.80. The van der Waals surface area contributed by atoms with Gasteiger partial charge < -0.3 is 5.11 Å². The number of hydrogen-bond acceptors (Lipinski definition) is 1. The van der Waals surface area contributed by atoms with Gasteiger partial charge in [0.15, 0.2) is 0 Å². The molecule has 1 aromatic rings. The molecule has 94 valence electrons. The van der Waals surface area contributed by atoms with E-state index in [1.165, 1.54) is 12.1 Å². The van der Waals surface area contributed by atoms with Crippen molar-refractivity contribution >= 4 is 0 Å². The topological polar surface area (TPSA) is 20.2 Å². The summed E-state index contributed by atoms with van der Waals surface area (Å²) in [6, 6.07) is 2.63. The summed E-state index contributed by atoms with van der Waals surface area (Å²) in [6.45, 7) is 3.69. The zero-order chi connectivity index (χ0) is 12.6. The predicted octanol–water partition coefficient (Wildman–Crippen LogP) is 3.74. The van der Waals surface area contributed by atoms with E-state index < -0.39 is 17.7 Å². The highest BCUT2D eigenvalue weighted by Crippen LogP contribution is 2.40. The zero-order valence-corrected chi connectivity index (χ0v) is 10.2.